The second kappa shape index (κ2) is 8.81. The molecule has 1 unspecified atom stereocenters. The van der Waals surface area contributed by atoms with Crippen LogP contribution in [0.4, 0.5) is 0 Å². The van der Waals surface area contributed by atoms with Crippen molar-refractivity contribution in [3.05, 3.63) is 16.1 Å². The van der Waals surface area contributed by atoms with Gasteiger partial charge in [0.05, 0.1) is 17.3 Å². The Morgan fingerprint density at radius 2 is 2.29 bits per heavy atom. The molecule has 1 saturated heterocycles. The van der Waals surface area contributed by atoms with Gasteiger partial charge >= 0.3 is 0 Å². The fraction of sp³-hybridized carbons (Fsp3) is 0.778. The Hall–Kier alpha value is -1.14. The van der Waals surface area contributed by atoms with Crippen molar-refractivity contribution in [2.75, 3.05) is 39.9 Å². The summed E-state index contributed by atoms with van der Waals surface area (Å²) >= 11 is 1.75. The molecule has 0 aliphatic carbocycles. The zero-order valence-electron chi connectivity index (χ0n) is 15.8. The van der Waals surface area contributed by atoms with Crippen molar-refractivity contribution in [3.8, 4) is 0 Å². The number of nitrogens with one attached hydrogen (secondary N) is 1. The number of hydrogen-bond acceptors (Lipinski definition) is 4. The van der Waals surface area contributed by atoms with Crippen molar-refractivity contribution in [1.29, 1.82) is 0 Å². The maximum absolute atomic E-state index is 5.47. The molecule has 1 fully saturated rings. The molecule has 136 valence electrons. The van der Waals surface area contributed by atoms with E-state index in [1.54, 1.807) is 11.3 Å². The van der Waals surface area contributed by atoms with Gasteiger partial charge < -0.3 is 15.0 Å². The molecule has 1 aliphatic heterocycles. The summed E-state index contributed by atoms with van der Waals surface area (Å²) in [6.45, 7) is 13.1. The summed E-state index contributed by atoms with van der Waals surface area (Å²) in [4.78, 5) is 11.8. The second-order valence-electron chi connectivity index (χ2n) is 7.47. The number of hydrogen-bond donors (Lipinski definition) is 1. The minimum atomic E-state index is 0.122. The molecule has 0 radical (unpaired) electrons. The average molecular weight is 353 g/mol. The van der Waals surface area contributed by atoms with Gasteiger partial charge in [-0.25, -0.2) is 4.98 Å². The van der Waals surface area contributed by atoms with Crippen molar-refractivity contribution >= 4 is 17.3 Å². The van der Waals surface area contributed by atoms with E-state index in [1.807, 2.05) is 0 Å². The number of aliphatic imine (C=N–C) groups is 1. The van der Waals surface area contributed by atoms with Crippen LogP contribution in [0.2, 0.25) is 0 Å². The fourth-order valence-corrected chi connectivity index (χ4v) is 3.71. The van der Waals surface area contributed by atoms with E-state index in [0.29, 0.717) is 5.92 Å². The fourth-order valence-electron chi connectivity index (χ4n) is 2.70. The van der Waals surface area contributed by atoms with Gasteiger partial charge in [0.25, 0.3) is 0 Å². The van der Waals surface area contributed by atoms with Gasteiger partial charge in [-0.1, -0.05) is 20.8 Å². The molecule has 1 atom stereocenters. The predicted molar refractivity (Wildman–Crippen MR) is 102 cm³/mol. The largest absolute Gasteiger partial charge is 0.381 e. The van der Waals surface area contributed by atoms with Crippen LogP contribution in [0.5, 0.6) is 0 Å². The highest BCUT2D eigenvalue weighted by Gasteiger charge is 2.19. The van der Waals surface area contributed by atoms with E-state index in [4.69, 9.17) is 14.7 Å². The van der Waals surface area contributed by atoms with Gasteiger partial charge in [0.2, 0.25) is 0 Å². The molecule has 1 aromatic rings. The molecule has 0 amide bonds. The number of guanidine groups is 1. The third-order valence-electron chi connectivity index (χ3n) is 4.16. The lowest BCUT2D eigenvalue weighted by atomic mass is 9.93. The van der Waals surface area contributed by atoms with Crippen LogP contribution in [0.1, 0.15) is 44.8 Å². The summed E-state index contributed by atoms with van der Waals surface area (Å²) in [6, 6.07) is 0. The summed E-state index contributed by atoms with van der Waals surface area (Å²) in [5, 5.41) is 6.74. The molecule has 24 heavy (non-hydrogen) atoms. The minimum Gasteiger partial charge on any atom is -0.381 e. The summed E-state index contributed by atoms with van der Waals surface area (Å²) in [5.74, 6) is 1.60. The third kappa shape index (κ3) is 5.74. The molecule has 2 rings (SSSR count). The molecule has 1 N–H and O–H groups in total. The van der Waals surface area contributed by atoms with Crippen LogP contribution < -0.4 is 5.32 Å². The Morgan fingerprint density at radius 1 is 1.50 bits per heavy atom. The van der Waals surface area contributed by atoms with Crippen LogP contribution in [0.3, 0.4) is 0 Å². The molecule has 0 aromatic carbocycles. The molecule has 1 aliphatic rings. The molecular weight excluding hydrogens is 320 g/mol. The maximum Gasteiger partial charge on any atom is 0.193 e. The molecule has 5 nitrogen and oxygen atoms in total. The Morgan fingerprint density at radius 3 is 2.88 bits per heavy atom. The van der Waals surface area contributed by atoms with Gasteiger partial charge in [0.15, 0.2) is 5.96 Å². The van der Waals surface area contributed by atoms with Crippen LogP contribution in [-0.4, -0.2) is 55.7 Å². The number of ether oxygens (including phenoxy) is 1. The summed E-state index contributed by atoms with van der Waals surface area (Å²) in [5.41, 5.74) is 1.30. The summed E-state index contributed by atoms with van der Waals surface area (Å²) < 4.78 is 5.47. The number of rotatable bonds is 6. The van der Waals surface area contributed by atoms with Gasteiger partial charge in [-0.15, -0.1) is 11.3 Å². The zero-order chi connectivity index (χ0) is 17.6. The van der Waals surface area contributed by atoms with E-state index in [-0.39, 0.29) is 5.41 Å². The molecule has 1 aromatic heterocycles. The monoisotopic (exact) mass is 352 g/mol. The van der Waals surface area contributed by atoms with Crippen molar-refractivity contribution in [2.45, 2.75) is 46.0 Å². The highest BCUT2D eigenvalue weighted by molar-refractivity contribution is 7.09. The van der Waals surface area contributed by atoms with E-state index >= 15 is 0 Å². The van der Waals surface area contributed by atoms with Crippen molar-refractivity contribution < 1.29 is 4.74 Å². The molecule has 0 saturated carbocycles. The molecule has 0 bridgehead atoms. The smallest absolute Gasteiger partial charge is 0.193 e. The molecule has 2 heterocycles. The van der Waals surface area contributed by atoms with Crippen molar-refractivity contribution in [3.63, 3.8) is 0 Å². The summed E-state index contributed by atoms with van der Waals surface area (Å²) in [6.07, 6.45) is 2.05. The topological polar surface area (TPSA) is 49.8 Å². The van der Waals surface area contributed by atoms with Crippen molar-refractivity contribution in [2.24, 2.45) is 10.9 Å². The van der Waals surface area contributed by atoms with Gasteiger partial charge in [-0.2, -0.15) is 0 Å². The van der Waals surface area contributed by atoms with Gasteiger partial charge in [0.1, 0.15) is 0 Å². The second-order valence-corrected chi connectivity index (χ2v) is 8.41. The number of thiazole rings is 1. The zero-order valence-corrected chi connectivity index (χ0v) is 16.6. The van der Waals surface area contributed by atoms with E-state index < -0.39 is 0 Å². The first-order valence-corrected chi connectivity index (χ1v) is 9.80. The normalized spacial score (nSPS) is 18.9. The summed E-state index contributed by atoms with van der Waals surface area (Å²) in [7, 11) is 2.11. The molecule has 6 heteroatoms. The van der Waals surface area contributed by atoms with E-state index in [1.165, 1.54) is 10.7 Å². The predicted octanol–water partition coefficient (Wildman–Crippen LogP) is 2.92. The van der Waals surface area contributed by atoms with Crippen LogP contribution >= 0.6 is 11.3 Å². The molecular formula is C18H32N4OS. The Labute approximate surface area is 150 Å². The third-order valence-corrected chi connectivity index (χ3v) is 5.07. The number of aromatic nitrogens is 1. The Bertz CT molecular complexity index is 529. The highest BCUT2D eigenvalue weighted by atomic mass is 32.1. The average Bonchev–Trinajstić information content (AvgIpc) is 3.17. The lowest BCUT2D eigenvalue weighted by Crippen LogP contribution is -2.41. The van der Waals surface area contributed by atoms with Crippen LogP contribution in [-0.2, 0) is 16.6 Å². The van der Waals surface area contributed by atoms with Crippen LogP contribution in [0.15, 0.2) is 10.4 Å². The van der Waals surface area contributed by atoms with Crippen LogP contribution in [0.25, 0.3) is 0 Å². The lowest BCUT2D eigenvalue weighted by molar-refractivity contribution is 0.181. The highest BCUT2D eigenvalue weighted by Crippen LogP contribution is 2.24. The Balaban J connectivity index is 1.89. The van der Waals surface area contributed by atoms with E-state index in [2.05, 4.69) is 50.3 Å². The SMILES string of the molecule is CCNC(=NCCc1nc(C(C)(C)C)cs1)N(C)CC1CCOC1. The standard InChI is InChI=1S/C18H32N4OS/c1-6-19-17(22(5)11-14-8-10-23-12-14)20-9-7-16-21-15(13-24-16)18(2,3)4/h13-14H,6-12H2,1-5H3,(H,19,20). The maximum atomic E-state index is 5.47. The van der Waals surface area contributed by atoms with Gasteiger partial charge in [0, 0.05) is 56.4 Å². The first kappa shape index (κ1) is 19.2. The minimum absolute atomic E-state index is 0.122. The molecule has 0 spiro atoms. The van der Waals surface area contributed by atoms with Crippen molar-refractivity contribution in [1.82, 2.24) is 15.2 Å². The Kier molecular flexibility index (Phi) is 7.04. The first-order chi connectivity index (χ1) is 11.4. The first-order valence-electron chi connectivity index (χ1n) is 8.92. The van der Waals surface area contributed by atoms with Crippen LogP contribution in [0, 0.1) is 5.92 Å². The van der Waals surface area contributed by atoms with E-state index in [0.717, 1.165) is 51.6 Å². The van der Waals surface area contributed by atoms with Gasteiger partial charge in [-0.3, -0.25) is 4.99 Å². The number of nitrogens with zero attached hydrogens (tertiary/aromatic N) is 3. The quantitative estimate of drug-likeness (QED) is 0.632. The van der Waals surface area contributed by atoms with Gasteiger partial charge in [-0.05, 0) is 13.3 Å². The van der Waals surface area contributed by atoms with E-state index in [9.17, 15) is 0 Å². The lowest BCUT2D eigenvalue weighted by Gasteiger charge is -2.24.